The quantitative estimate of drug-likeness (QED) is 0.651. The first-order valence-electron chi connectivity index (χ1n) is 6.87. The fraction of sp³-hybridized carbons (Fsp3) is 0.533. The van der Waals surface area contributed by atoms with Crippen molar-refractivity contribution in [2.75, 3.05) is 32.4 Å². The SMILES string of the molecule is CC(C)CNC(=O)CN(C)CC(O)c1cccc(N)c1. The van der Waals surface area contributed by atoms with Crippen molar-refractivity contribution in [3.05, 3.63) is 29.8 Å². The highest BCUT2D eigenvalue weighted by Crippen LogP contribution is 2.16. The van der Waals surface area contributed by atoms with Gasteiger partial charge in [0.15, 0.2) is 0 Å². The maximum Gasteiger partial charge on any atom is 0.234 e. The molecule has 0 aliphatic carbocycles. The van der Waals surface area contributed by atoms with E-state index in [-0.39, 0.29) is 12.5 Å². The molecule has 0 bridgehead atoms. The Labute approximate surface area is 120 Å². The lowest BCUT2D eigenvalue weighted by atomic mass is 10.1. The van der Waals surface area contributed by atoms with Gasteiger partial charge in [0.2, 0.25) is 5.91 Å². The minimum Gasteiger partial charge on any atom is -0.399 e. The minimum atomic E-state index is -0.651. The number of aliphatic hydroxyl groups excluding tert-OH is 1. The Morgan fingerprint density at radius 3 is 2.75 bits per heavy atom. The summed E-state index contributed by atoms with van der Waals surface area (Å²) in [5.41, 5.74) is 7.07. The lowest BCUT2D eigenvalue weighted by Crippen LogP contribution is -2.38. The molecule has 0 radical (unpaired) electrons. The van der Waals surface area contributed by atoms with Gasteiger partial charge >= 0.3 is 0 Å². The Hall–Kier alpha value is -1.59. The lowest BCUT2D eigenvalue weighted by Gasteiger charge is -2.20. The van der Waals surface area contributed by atoms with Crippen LogP contribution in [0.15, 0.2) is 24.3 Å². The molecule has 1 aromatic rings. The highest BCUT2D eigenvalue weighted by Gasteiger charge is 2.13. The molecule has 1 amide bonds. The zero-order chi connectivity index (χ0) is 15.1. The zero-order valence-corrected chi connectivity index (χ0v) is 12.5. The van der Waals surface area contributed by atoms with E-state index in [2.05, 4.69) is 5.32 Å². The highest BCUT2D eigenvalue weighted by molar-refractivity contribution is 5.77. The number of likely N-dealkylation sites (N-methyl/N-ethyl adjacent to an activating group) is 1. The van der Waals surface area contributed by atoms with Crippen molar-refractivity contribution >= 4 is 11.6 Å². The van der Waals surface area contributed by atoms with Crippen molar-refractivity contribution in [1.29, 1.82) is 0 Å². The standard InChI is InChI=1S/C15H25N3O2/c1-11(2)8-17-15(20)10-18(3)9-14(19)12-5-4-6-13(16)7-12/h4-7,11,14,19H,8-10,16H2,1-3H3,(H,17,20). The van der Waals surface area contributed by atoms with E-state index in [4.69, 9.17) is 5.73 Å². The van der Waals surface area contributed by atoms with Crippen molar-refractivity contribution in [3.8, 4) is 0 Å². The van der Waals surface area contributed by atoms with Crippen LogP contribution in [0.2, 0.25) is 0 Å². The molecule has 20 heavy (non-hydrogen) atoms. The van der Waals surface area contributed by atoms with Crippen LogP contribution in [0.4, 0.5) is 5.69 Å². The van der Waals surface area contributed by atoms with Crippen molar-refractivity contribution in [1.82, 2.24) is 10.2 Å². The normalized spacial score (nSPS) is 12.7. The van der Waals surface area contributed by atoms with E-state index in [1.165, 1.54) is 0 Å². The second kappa shape index (κ2) is 7.87. The summed E-state index contributed by atoms with van der Waals surface area (Å²) in [6, 6.07) is 7.16. The molecule has 1 atom stereocenters. The first-order valence-corrected chi connectivity index (χ1v) is 6.87. The molecule has 1 aromatic carbocycles. The number of nitrogens with zero attached hydrogens (tertiary/aromatic N) is 1. The van der Waals surface area contributed by atoms with Gasteiger partial charge in [-0.15, -0.1) is 0 Å². The Balaban J connectivity index is 2.41. The number of nitrogens with one attached hydrogen (secondary N) is 1. The van der Waals surface area contributed by atoms with Gasteiger partial charge < -0.3 is 16.2 Å². The summed E-state index contributed by atoms with van der Waals surface area (Å²) in [5.74, 6) is 0.406. The van der Waals surface area contributed by atoms with Crippen LogP contribution >= 0.6 is 0 Å². The highest BCUT2D eigenvalue weighted by atomic mass is 16.3. The predicted octanol–water partition coefficient (Wildman–Crippen LogP) is 1.01. The van der Waals surface area contributed by atoms with Crippen LogP contribution in [0.3, 0.4) is 0 Å². The zero-order valence-electron chi connectivity index (χ0n) is 12.5. The first-order chi connectivity index (χ1) is 9.38. The van der Waals surface area contributed by atoms with Gasteiger partial charge in [-0.3, -0.25) is 9.69 Å². The molecule has 1 rings (SSSR count). The number of hydrogen-bond acceptors (Lipinski definition) is 4. The molecule has 0 aliphatic rings. The largest absolute Gasteiger partial charge is 0.399 e. The third kappa shape index (κ3) is 6.04. The number of anilines is 1. The number of benzene rings is 1. The number of nitrogen functional groups attached to an aromatic ring is 1. The molecule has 0 aromatic heterocycles. The van der Waals surface area contributed by atoms with Gasteiger partial charge in [-0.1, -0.05) is 26.0 Å². The van der Waals surface area contributed by atoms with Crippen LogP contribution < -0.4 is 11.1 Å². The summed E-state index contributed by atoms with van der Waals surface area (Å²) in [4.78, 5) is 13.5. The van der Waals surface area contributed by atoms with E-state index in [0.29, 0.717) is 24.7 Å². The average Bonchev–Trinajstić information content (AvgIpc) is 2.36. The number of carbonyl (C=O) groups excluding carboxylic acids is 1. The van der Waals surface area contributed by atoms with Gasteiger partial charge in [-0.05, 0) is 30.7 Å². The van der Waals surface area contributed by atoms with Crippen molar-refractivity contribution < 1.29 is 9.90 Å². The third-order valence-corrected chi connectivity index (χ3v) is 2.90. The van der Waals surface area contributed by atoms with Crippen molar-refractivity contribution in [2.24, 2.45) is 5.92 Å². The van der Waals surface area contributed by atoms with Crippen LogP contribution in [0.1, 0.15) is 25.5 Å². The Kier molecular flexibility index (Phi) is 6.48. The van der Waals surface area contributed by atoms with E-state index in [1.807, 2.05) is 33.0 Å². The van der Waals surface area contributed by atoms with E-state index >= 15 is 0 Å². The third-order valence-electron chi connectivity index (χ3n) is 2.90. The first kappa shape index (κ1) is 16.5. The summed E-state index contributed by atoms with van der Waals surface area (Å²) in [6.45, 7) is 5.43. The molecular weight excluding hydrogens is 254 g/mol. The molecule has 4 N–H and O–H groups in total. The van der Waals surface area contributed by atoms with Gasteiger partial charge in [0, 0.05) is 18.8 Å². The van der Waals surface area contributed by atoms with Crippen LogP contribution in [0.5, 0.6) is 0 Å². The molecule has 1 unspecified atom stereocenters. The van der Waals surface area contributed by atoms with Gasteiger partial charge in [-0.2, -0.15) is 0 Å². The predicted molar refractivity (Wildman–Crippen MR) is 81.2 cm³/mol. The van der Waals surface area contributed by atoms with Gasteiger partial charge in [0.1, 0.15) is 0 Å². The van der Waals surface area contributed by atoms with Gasteiger partial charge in [-0.25, -0.2) is 0 Å². The summed E-state index contributed by atoms with van der Waals surface area (Å²) < 4.78 is 0. The minimum absolute atomic E-state index is 0.0269. The summed E-state index contributed by atoms with van der Waals surface area (Å²) >= 11 is 0. The number of rotatable bonds is 7. The molecule has 0 saturated carbocycles. The summed E-state index contributed by atoms with van der Waals surface area (Å²) in [6.07, 6.45) is -0.651. The molecule has 112 valence electrons. The number of carbonyl (C=O) groups is 1. The smallest absolute Gasteiger partial charge is 0.234 e. The van der Waals surface area contributed by atoms with Crippen LogP contribution in [-0.2, 0) is 4.79 Å². The molecule has 0 fully saturated rings. The second-order valence-corrected chi connectivity index (χ2v) is 5.58. The fourth-order valence-electron chi connectivity index (χ4n) is 1.85. The van der Waals surface area contributed by atoms with E-state index in [1.54, 1.807) is 17.0 Å². The molecular formula is C15H25N3O2. The summed E-state index contributed by atoms with van der Waals surface area (Å²) in [7, 11) is 1.81. The van der Waals surface area contributed by atoms with Crippen LogP contribution in [-0.4, -0.2) is 42.6 Å². The van der Waals surface area contributed by atoms with Gasteiger partial charge in [0.05, 0.1) is 12.6 Å². The maximum atomic E-state index is 11.7. The Morgan fingerprint density at radius 2 is 2.15 bits per heavy atom. The lowest BCUT2D eigenvalue weighted by molar-refractivity contribution is -0.122. The number of amides is 1. The molecule has 0 saturated heterocycles. The second-order valence-electron chi connectivity index (χ2n) is 5.58. The molecule has 5 heteroatoms. The van der Waals surface area contributed by atoms with E-state index in [9.17, 15) is 9.90 Å². The molecule has 0 heterocycles. The number of nitrogens with two attached hydrogens (primary N) is 1. The summed E-state index contributed by atoms with van der Waals surface area (Å²) in [5, 5.41) is 13.0. The van der Waals surface area contributed by atoms with Crippen LogP contribution in [0, 0.1) is 5.92 Å². The monoisotopic (exact) mass is 279 g/mol. The van der Waals surface area contributed by atoms with Crippen LogP contribution in [0.25, 0.3) is 0 Å². The number of hydrogen-bond donors (Lipinski definition) is 3. The molecule has 0 spiro atoms. The number of aliphatic hydroxyl groups is 1. The topological polar surface area (TPSA) is 78.6 Å². The van der Waals surface area contributed by atoms with Crippen molar-refractivity contribution in [2.45, 2.75) is 20.0 Å². The Morgan fingerprint density at radius 1 is 1.45 bits per heavy atom. The Bertz CT molecular complexity index is 435. The van der Waals surface area contributed by atoms with Crippen molar-refractivity contribution in [3.63, 3.8) is 0 Å². The average molecular weight is 279 g/mol. The fourth-order valence-corrected chi connectivity index (χ4v) is 1.85. The molecule has 0 aliphatic heterocycles. The van der Waals surface area contributed by atoms with Gasteiger partial charge in [0.25, 0.3) is 0 Å². The maximum absolute atomic E-state index is 11.7. The molecule has 5 nitrogen and oxygen atoms in total. The van der Waals surface area contributed by atoms with E-state index < -0.39 is 6.10 Å². The van der Waals surface area contributed by atoms with E-state index in [0.717, 1.165) is 5.56 Å².